The molecule has 0 atom stereocenters. The molecule has 0 amide bonds. The number of carboxylic acids is 1. The largest absolute Gasteiger partial charge is 0.478 e. The highest BCUT2D eigenvalue weighted by Gasteiger charge is 2.10. The highest BCUT2D eigenvalue weighted by Crippen LogP contribution is 2.24. The van der Waals surface area contributed by atoms with Crippen LogP contribution in [0.1, 0.15) is 21.5 Å². The molecule has 20 heavy (non-hydrogen) atoms. The summed E-state index contributed by atoms with van der Waals surface area (Å²) in [5, 5.41) is 9.22. The predicted octanol–water partition coefficient (Wildman–Crippen LogP) is 3.98. The van der Waals surface area contributed by atoms with E-state index >= 15 is 0 Å². The van der Waals surface area contributed by atoms with Crippen LogP contribution in [0.3, 0.4) is 0 Å². The number of hydrogen-bond donors (Lipinski definition) is 1. The molecule has 1 N–H and O–H groups in total. The molecule has 2 rings (SSSR count). The number of benzene rings is 2. The lowest BCUT2D eigenvalue weighted by molar-refractivity contribution is 0.0697. The summed E-state index contributed by atoms with van der Waals surface area (Å²) >= 11 is 5.99. The Morgan fingerprint density at radius 1 is 1.25 bits per heavy atom. The van der Waals surface area contributed by atoms with Crippen molar-refractivity contribution in [3.05, 3.63) is 64.2 Å². The highest BCUT2D eigenvalue weighted by atomic mass is 35.5. The summed E-state index contributed by atoms with van der Waals surface area (Å²) in [6, 6.07) is 13.3. The van der Waals surface area contributed by atoms with Gasteiger partial charge in [0, 0.05) is 19.3 Å². The van der Waals surface area contributed by atoms with Gasteiger partial charge in [0.15, 0.2) is 0 Å². The standard InChI is InChI=1S/C16H16ClNO2/c1-11-4-3-5-12(8-11)10-18(2)13-6-7-14(16(19)20)15(17)9-13/h3-9H,10H2,1-2H3,(H,19,20). The van der Waals surface area contributed by atoms with Gasteiger partial charge >= 0.3 is 5.97 Å². The van der Waals surface area contributed by atoms with Crippen molar-refractivity contribution in [3.8, 4) is 0 Å². The number of anilines is 1. The molecule has 0 aliphatic heterocycles. The molecule has 0 aliphatic carbocycles. The van der Waals surface area contributed by atoms with Crippen LogP contribution in [-0.2, 0) is 6.54 Å². The normalized spacial score (nSPS) is 10.3. The monoisotopic (exact) mass is 289 g/mol. The van der Waals surface area contributed by atoms with Crippen LogP contribution in [0.2, 0.25) is 5.02 Å². The molecule has 2 aromatic carbocycles. The fraction of sp³-hybridized carbons (Fsp3) is 0.188. The Kier molecular flexibility index (Phi) is 4.30. The minimum Gasteiger partial charge on any atom is -0.478 e. The van der Waals surface area contributed by atoms with Crippen LogP contribution in [0, 0.1) is 6.92 Å². The van der Waals surface area contributed by atoms with E-state index in [0.717, 1.165) is 12.2 Å². The lowest BCUT2D eigenvalue weighted by Gasteiger charge is -2.20. The summed E-state index contributed by atoms with van der Waals surface area (Å²) < 4.78 is 0. The van der Waals surface area contributed by atoms with E-state index in [4.69, 9.17) is 16.7 Å². The van der Waals surface area contributed by atoms with Gasteiger partial charge in [-0.25, -0.2) is 4.79 Å². The van der Waals surface area contributed by atoms with Crippen LogP contribution in [0.4, 0.5) is 5.69 Å². The number of rotatable bonds is 4. The minimum atomic E-state index is -1.01. The smallest absolute Gasteiger partial charge is 0.337 e. The Bertz CT molecular complexity index is 640. The van der Waals surface area contributed by atoms with Crippen molar-refractivity contribution < 1.29 is 9.90 Å². The van der Waals surface area contributed by atoms with Crippen molar-refractivity contribution in [2.24, 2.45) is 0 Å². The first kappa shape index (κ1) is 14.4. The average Bonchev–Trinajstić information content (AvgIpc) is 2.38. The van der Waals surface area contributed by atoms with Crippen LogP contribution < -0.4 is 4.90 Å². The summed E-state index contributed by atoms with van der Waals surface area (Å²) in [6.45, 7) is 2.80. The highest BCUT2D eigenvalue weighted by molar-refractivity contribution is 6.33. The Morgan fingerprint density at radius 2 is 2.00 bits per heavy atom. The fourth-order valence-corrected chi connectivity index (χ4v) is 2.35. The molecular weight excluding hydrogens is 274 g/mol. The van der Waals surface area contributed by atoms with Crippen LogP contribution >= 0.6 is 11.6 Å². The lowest BCUT2D eigenvalue weighted by atomic mass is 10.1. The van der Waals surface area contributed by atoms with E-state index in [0.29, 0.717) is 0 Å². The maximum absolute atomic E-state index is 10.9. The van der Waals surface area contributed by atoms with E-state index in [1.807, 2.05) is 18.0 Å². The Hall–Kier alpha value is -2.00. The lowest BCUT2D eigenvalue weighted by Crippen LogP contribution is -2.16. The number of nitrogens with zero attached hydrogens (tertiary/aromatic N) is 1. The van der Waals surface area contributed by atoms with Crippen LogP contribution in [0.25, 0.3) is 0 Å². The zero-order valence-corrected chi connectivity index (χ0v) is 12.2. The van der Waals surface area contributed by atoms with Gasteiger partial charge in [-0.2, -0.15) is 0 Å². The molecule has 2 aromatic rings. The van der Waals surface area contributed by atoms with Gasteiger partial charge in [0.05, 0.1) is 10.6 Å². The zero-order valence-electron chi connectivity index (χ0n) is 11.4. The van der Waals surface area contributed by atoms with E-state index in [-0.39, 0.29) is 10.6 Å². The molecule has 0 unspecified atom stereocenters. The molecule has 4 heteroatoms. The molecule has 0 heterocycles. The molecule has 0 saturated heterocycles. The van der Waals surface area contributed by atoms with Gasteiger partial charge in [0.2, 0.25) is 0 Å². The third-order valence-electron chi connectivity index (χ3n) is 3.13. The SMILES string of the molecule is Cc1cccc(CN(C)c2ccc(C(=O)O)c(Cl)c2)c1. The van der Waals surface area contributed by atoms with Crippen molar-refractivity contribution >= 4 is 23.3 Å². The van der Waals surface area contributed by atoms with Gasteiger partial charge in [0.1, 0.15) is 0 Å². The number of carbonyl (C=O) groups is 1. The number of aryl methyl sites for hydroxylation is 1. The van der Waals surface area contributed by atoms with E-state index in [2.05, 4.69) is 25.1 Å². The number of aromatic carboxylic acids is 1. The summed E-state index contributed by atoms with van der Waals surface area (Å²) in [4.78, 5) is 13.0. The fourth-order valence-electron chi connectivity index (χ4n) is 2.09. The first-order valence-electron chi connectivity index (χ1n) is 6.27. The molecule has 104 valence electrons. The van der Waals surface area contributed by atoms with E-state index in [1.165, 1.54) is 17.2 Å². The van der Waals surface area contributed by atoms with Crippen LogP contribution in [0.5, 0.6) is 0 Å². The van der Waals surface area contributed by atoms with Crippen molar-refractivity contribution in [1.82, 2.24) is 0 Å². The summed E-state index contributed by atoms with van der Waals surface area (Å²) in [5.41, 5.74) is 3.43. The third kappa shape index (κ3) is 3.31. The van der Waals surface area contributed by atoms with Gasteiger partial charge < -0.3 is 10.0 Å². The Balaban J connectivity index is 2.19. The first-order chi connectivity index (χ1) is 9.47. The quantitative estimate of drug-likeness (QED) is 0.925. The van der Waals surface area contributed by atoms with Gasteiger partial charge in [0.25, 0.3) is 0 Å². The second kappa shape index (κ2) is 5.97. The average molecular weight is 290 g/mol. The second-order valence-corrected chi connectivity index (χ2v) is 5.22. The maximum atomic E-state index is 10.9. The number of carboxylic acid groups (broad SMARTS) is 1. The van der Waals surface area contributed by atoms with Crippen molar-refractivity contribution in [1.29, 1.82) is 0 Å². The van der Waals surface area contributed by atoms with Crippen LogP contribution in [0.15, 0.2) is 42.5 Å². The predicted molar refractivity (Wildman–Crippen MR) is 81.7 cm³/mol. The molecular formula is C16H16ClNO2. The van der Waals surface area contributed by atoms with Gasteiger partial charge in [-0.15, -0.1) is 0 Å². The molecule has 0 aromatic heterocycles. The van der Waals surface area contributed by atoms with Gasteiger partial charge in [-0.3, -0.25) is 0 Å². The second-order valence-electron chi connectivity index (χ2n) is 4.81. The van der Waals surface area contributed by atoms with Crippen molar-refractivity contribution in [2.45, 2.75) is 13.5 Å². The molecule has 0 fully saturated rings. The topological polar surface area (TPSA) is 40.5 Å². The van der Waals surface area contributed by atoms with E-state index in [1.54, 1.807) is 12.1 Å². The van der Waals surface area contributed by atoms with E-state index in [9.17, 15) is 4.79 Å². The minimum absolute atomic E-state index is 0.124. The molecule has 0 saturated carbocycles. The van der Waals surface area contributed by atoms with Gasteiger partial charge in [-0.05, 0) is 30.7 Å². The zero-order chi connectivity index (χ0) is 14.7. The Labute approximate surface area is 123 Å². The number of halogens is 1. The van der Waals surface area contributed by atoms with Crippen LogP contribution in [-0.4, -0.2) is 18.1 Å². The van der Waals surface area contributed by atoms with Crippen molar-refractivity contribution in [3.63, 3.8) is 0 Å². The van der Waals surface area contributed by atoms with Crippen molar-refractivity contribution in [2.75, 3.05) is 11.9 Å². The molecule has 0 radical (unpaired) electrons. The molecule has 0 bridgehead atoms. The molecule has 3 nitrogen and oxygen atoms in total. The van der Waals surface area contributed by atoms with Gasteiger partial charge in [-0.1, -0.05) is 41.4 Å². The Morgan fingerprint density at radius 3 is 2.60 bits per heavy atom. The summed E-state index contributed by atoms with van der Waals surface area (Å²) in [6.07, 6.45) is 0. The third-order valence-corrected chi connectivity index (χ3v) is 3.44. The molecule has 0 spiro atoms. The maximum Gasteiger partial charge on any atom is 0.337 e. The van der Waals surface area contributed by atoms with E-state index < -0.39 is 5.97 Å². The first-order valence-corrected chi connectivity index (χ1v) is 6.64. The molecule has 0 aliphatic rings. The summed E-state index contributed by atoms with van der Waals surface area (Å²) in [7, 11) is 1.95. The summed E-state index contributed by atoms with van der Waals surface area (Å²) in [5.74, 6) is -1.01. The number of hydrogen-bond acceptors (Lipinski definition) is 2.